The molecule has 0 bridgehead atoms. The summed E-state index contributed by atoms with van der Waals surface area (Å²) in [4.78, 5) is 8.38. The maximum Gasteiger partial charge on any atom is 0.135 e. The van der Waals surface area contributed by atoms with Crippen LogP contribution in [-0.4, -0.2) is 16.5 Å². The van der Waals surface area contributed by atoms with Gasteiger partial charge in [-0.3, -0.25) is 0 Å². The van der Waals surface area contributed by atoms with Crippen LogP contribution in [0.5, 0.6) is 0 Å². The number of para-hydroxylation sites is 1. The lowest BCUT2D eigenvalue weighted by atomic mass is 10.2. The molecule has 2 N–H and O–H groups in total. The molecule has 0 aliphatic carbocycles. The molecule has 0 radical (unpaired) electrons. The van der Waals surface area contributed by atoms with Crippen molar-refractivity contribution in [2.24, 2.45) is 0 Å². The zero-order chi connectivity index (χ0) is 15.1. The van der Waals surface area contributed by atoms with Crippen LogP contribution in [0.1, 0.15) is 26.2 Å². The minimum Gasteiger partial charge on any atom is -0.370 e. The maximum atomic E-state index is 6.13. The first-order valence-corrected chi connectivity index (χ1v) is 7.73. The number of rotatable bonds is 7. The molecule has 2 rings (SSSR count). The van der Waals surface area contributed by atoms with Gasteiger partial charge in [0.1, 0.15) is 18.0 Å². The Labute approximate surface area is 134 Å². The molecule has 4 nitrogen and oxygen atoms in total. The summed E-state index contributed by atoms with van der Waals surface area (Å²) >= 11 is 12.3. The molecule has 0 fully saturated rings. The molecule has 1 heterocycles. The number of aromatic nitrogens is 2. The van der Waals surface area contributed by atoms with Crippen LogP contribution >= 0.6 is 23.2 Å². The molecule has 6 heteroatoms. The van der Waals surface area contributed by atoms with Crippen molar-refractivity contribution < 1.29 is 0 Å². The molecule has 0 atom stereocenters. The molecule has 0 saturated heterocycles. The van der Waals surface area contributed by atoms with Crippen molar-refractivity contribution in [1.29, 1.82) is 0 Å². The van der Waals surface area contributed by atoms with Crippen LogP contribution in [0.2, 0.25) is 10.0 Å². The van der Waals surface area contributed by atoms with E-state index in [4.69, 9.17) is 23.2 Å². The number of hydrogen-bond acceptors (Lipinski definition) is 4. The first-order valence-electron chi connectivity index (χ1n) is 6.97. The molecule has 1 aromatic heterocycles. The van der Waals surface area contributed by atoms with E-state index in [-0.39, 0.29) is 0 Å². The van der Waals surface area contributed by atoms with Gasteiger partial charge in [-0.25, -0.2) is 9.97 Å². The van der Waals surface area contributed by atoms with E-state index in [0.717, 1.165) is 18.8 Å². The summed E-state index contributed by atoms with van der Waals surface area (Å²) in [7, 11) is 0. The largest absolute Gasteiger partial charge is 0.370 e. The average Bonchev–Trinajstić information content (AvgIpc) is 2.48. The van der Waals surface area contributed by atoms with Crippen molar-refractivity contribution in [2.75, 3.05) is 17.2 Å². The molecule has 0 aliphatic heterocycles. The number of nitrogens with one attached hydrogen (secondary N) is 2. The van der Waals surface area contributed by atoms with Gasteiger partial charge in [-0.05, 0) is 18.6 Å². The fraction of sp³-hybridized carbons (Fsp3) is 0.333. The summed E-state index contributed by atoms with van der Waals surface area (Å²) in [5.41, 5.74) is 0.650. The van der Waals surface area contributed by atoms with Crippen molar-refractivity contribution in [1.82, 2.24) is 9.97 Å². The van der Waals surface area contributed by atoms with E-state index in [2.05, 4.69) is 27.5 Å². The monoisotopic (exact) mass is 324 g/mol. The van der Waals surface area contributed by atoms with Crippen molar-refractivity contribution in [3.05, 3.63) is 40.6 Å². The van der Waals surface area contributed by atoms with Crippen LogP contribution in [0.15, 0.2) is 30.6 Å². The predicted molar refractivity (Wildman–Crippen MR) is 89.8 cm³/mol. The Bertz CT molecular complexity index is 569. The van der Waals surface area contributed by atoms with E-state index in [1.807, 2.05) is 6.07 Å². The summed E-state index contributed by atoms with van der Waals surface area (Å²) in [5, 5.41) is 7.51. The Morgan fingerprint density at radius 1 is 1.05 bits per heavy atom. The number of unbranched alkanes of at least 4 members (excludes halogenated alkanes) is 2. The predicted octanol–water partition coefficient (Wildman–Crippen LogP) is 5.13. The van der Waals surface area contributed by atoms with Gasteiger partial charge in [0, 0.05) is 12.6 Å². The third-order valence-corrected chi connectivity index (χ3v) is 3.60. The van der Waals surface area contributed by atoms with Gasteiger partial charge in [0.2, 0.25) is 0 Å². The summed E-state index contributed by atoms with van der Waals surface area (Å²) < 4.78 is 0. The van der Waals surface area contributed by atoms with Crippen molar-refractivity contribution >= 4 is 40.5 Å². The second-order valence-corrected chi connectivity index (χ2v) is 5.46. The van der Waals surface area contributed by atoms with Crippen LogP contribution in [-0.2, 0) is 0 Å². The highest BCUT2D eigenvalue weighted by Gasteiger charge is 2.07. The molecular formula is C15H18Cl2N4. The van der Waals surface area contributed by atoms with Crippen molar-refractivity contribution in [2.45, 2.75) is 26.2 Å². The molecule has 1 aromatic carbocycles. The van der Waals surface area contributed by atoms with Gasteiger partial charge in [-0.15, -0.1) is 0 Å². The standard InChI is InChI=1S/C15H18Cl2N4/c1-2-3-4-8-18-13-9-14(20-10-19-13)21-15-11(16)6-5-7-12(15)17/h5-7,9-10H,2-4,8H2,1H3,(H2,18,19,20,21). The SMILES string of the molecule is CCCCCNc1cc(Nc2c(Cl)cccc2Cl)ncn1. The molecule has 0 amide bonds. The number of benzene rings is 1. The van der Waals surface area contributed by atoms with Gasteiger partial charge in [-0.1, -0.05) is 49.0 Å². The Morgan fingerprint density at radius 2 is 1.76 bits per heavy atom. The third kappa shape index (κ3) is 4.76. The zero-order valence-corrected chi connectivity index (χ0v) is 13.4. The first kappa shape index (κ1) is 15.9. The summed E-state index contributed by atoms with van der Waals surface area (Å²) in [6, 6.07) is 7.20. The van der Waals surface area contributed by atoms with Crippen LogP contribution in [0.3, 0.4) is 0 Å². The topological polar surface area (TPSA) is 49.8 Å². The minimum absolute atomic E-state index is 0.554. The van der Waals surface area contributed by atoms with Gasteiger partial charge in [0.25, 0.3) is 0 Å². The van der Waals surface area contributed by atoms with Crippen molar-refractivity contribution in [3.63, 3.8) is 0 Å². The molecule has 2 aromatic rings. The second kappa shape index (κ2) is 8.05. The van der Waals surface area contributed by atoms with E-state index in [1.54, 1.807) is 18.2 Å². The number of anilines is 3. The molecular weight excluding hydrogens is 307 g/mol. The fourth-order valence-corrected chi connectivity index (χ4v) is 2.35. The van der Waals surface area contributed by atoms with Gasteiger partial charge in [0.15, 0.2) is 0 Å². The lowest BCUT2D eigenvalue weighted by Gasteiger charge is -2.11. The van der Waals surface area contributed by atoms with Gasteiger partial charge in [0.05, 0.1) is 15.7 Å². The number of halogens is 2. The van der Waals surface area contributed by atoms with Gasteiger partial charge >= 0.3 is 0 Å². The highest BCUT2D eigenvalue weighted by atomic mass is 35.5. The smallest absolute Gasteiger partial charge is 0.135 e. The Kier molecular flexibility index (Phi) is 6.08. The average molecular weight is 325 g/mol. The maximum absolute atomic E-state index is 6.13. The third-order valence-electron chi connectivity index (χ3n) is 2.97. The minimum atomic E-state index is 0.554. The molecule has 0 unspecified atom stereocenters. The lowest BCUT2D eigenvalue weighted by Crippen LogP contribution is -2.04. The van der Waals surface area contributed by atoms with Crippen LogP contribution in [0.4, 0.5) is 17.3 Å². The number of nitrogens with zero attached hydrogens (tertiary/aromatic N) is 2. The second-order valence-electron chi connectivity index (χ2n) is 4.64. The van der Waals surface area contributed by atoms with Crippen LogP contribution in [0.25, 0.3) is 0 Å². The van der Waals surface area contributed by atoms with E-state index in [1.165, 1.54) is 19.2 Å². The Balaban J connectivity index is 2.04. The van der Waals surface area contributed by atoms with Gasteiger partial charge < -0.3 is 10.6 Å². The fourth-order valence-electron chi connectivity index (χ4n) is 1.86. The van der Waals surface area contributed by atoms with Crippen molar-refractivity contribution in [3.8, 4) is 0 Å². The lowest BCUT2D eigenvalue weighted by molar-refractivity contribution is 0.742. The number of hydrogen-bond donors (Lipinski definition) is 2. The molecule has 21 heavy (non-hydrogen) atoms. The van der Waals surface area contributed by atoms with E-state index < -0.39 is 0 Å². The zero-order valence-electron chi connectivity index (χ0n) is 11.9. The Hall–Kier alpha value is -1.52. The van der Waals surface area contributed by atoms with E-state index in [9.17, 15) is 0 Å². The summed E-state index contributed by atoms with van der Waals surface area (Å²) in [6.07, 6.45) is 5.04. The highest BCUT2D eigenvalue weighted by molar-refractivity contribution is 6.39. The first-order chi connectivity index (χ1) is 10.2. The molecule has 0 spiro atoms. The molecule has 112 valence electrons. The van der Waals surface area contributed by atoms with E-state index in [0.29, 0.717) is 21.6 Å². The molecule has 0 saturated carbocycles. The van der Waals surface area contributed by atoms with Crippen LogP contribution in [0, 0.1) is 0 Å². The molecule has 0 aliphatic rings. The Morgan fingerprint density at radius 3 is 2.48 bits per heavy atom. The highest BCUT2D eigenvalue weighted by Crippen LogP contribution is 2.32. The van der Waals surface area contributed by atoms with E-state index >= 15 is 0 Å². The normalized spacial score (nSPS) is 10.4. The summed E-state index contributed by atoms with van der Waals surface area (Å²) in [6.45, 7) is 3.08. The summed E-state index contributed by atoms with van der Waals surface area (Å²) in [5.74, 6) is 1.43. The van der Waals surface area contributed by atoms with Gasteiger partial charge in [-0.2, -0.15) is 0 Å². The van der Waals surface area contributed by atoms with Crippen LogP contribution < -0.4 is 10.6 Å². The quantitative estimate of drug-likeness (QED) is 0.693.